The van der Waals surface area contributed by atoms with Gasteiger partial charge < -0.3 is 4.74 Å². The van der Waals surface area contributed by atoms with Crippen molar-refractivity contribution in [3.8, 4) is 5.88 Å². The topological polar surface area (TPSA) is 72.4 Å². The molecule has 3 aromatic rings. The van der Waals surface area contributed by atoms with Crippen molar-refractivity contribution >= 4 is 21.1 Å². The molecule has 0 spiro atoms. The van der Waals surface area contributed by atoms with Gasteiger partial charge in [-0.05, 0) is 49.2 Å². The van der Waals surface area contributed by atoms with Crippen molar-refractivity contribution in [2.24, 2.45) is 0 Å². The SMILES string of the molecule is Cc1cc(F)ccc1S(=O)(=O)N1CCC(Oc2cnc3ccccc3n2)C1. The lowest BCUT2D eigenvalue weighted by Crippen LogP contribution is -2.31. The van der Waals surface area contributed by atoms with Crippen LogP contribution in [0.15, 0.2) is 53.6 Å². The smallest absolute Gasteiger partial charge is 0.243 e. The number of aromatic nitrogens is 2. The second-order valence-electron chi connectivity index (χ2n) is 6.50. The maximum absolute atomic E-state index is 13.3. The summed E-state index contributed by atoms with van der Waals surface area (Å²) in [6.45, 7) is 2.14. The molecule has 1 aromatic heterocycles. The van der Waals surface area contributed by atoms with Gasteiger partial charge in [0.15, 0.2) is 0 Å². The Hall–Kier alpha value is -2.58. The van der Waals surface area contributed by atoms with E-state index in [9.17, 15) is 12.8 Å². The van der Waals surface area contributed by atoms with E-state index >= 15 is 0 Å². The molecule has 0 N–H and O–H groups in total. The molecule has 2 aromatic carbocycles. The molecule has 27 heavy (non-hydrogen) atoms. The number of aryl methyl sites for hydroxylation is 1. The summed E-state index contributed by atoms with van der Waals surface area (Å²) in [4.78, 5) is 8.84. The van der Waals surface area contributed by atoms with E-state index in [0.717, 1.165) is 17.1 Å². The van der Waals surface area contributed by atoms with Gasteiger partial charge in [-0.2, -0.15) is 4.31 Å². The first kappa shape index (κ1) is 17.8. The second kappa shape index (κ2) is 6.86. The lowest BCUT2D eigenvalue weighted by atomic mass is 10.2. The van der Waals surface area contributed by atoms with Crippen LogP contribution < -0.4 is 4.74 Å². The molecule has 0 saturated carbocycles. The van der Waals surface area contributed by atoms with Crippen LogP contribution in [0.5, 0.6) is 5.88 Å². The maximum atomic E-state index is 13.3. The highest BCUT2D eigenvalue weighted by atomic mass is 32.2. The zero-order chi connectivity index (χ0) is 19.0. The minimum atomic E-state index is -3.70. The first-order valence-corrected chi connectivity index (χ1v) is 10.0. The predicted molar refractivity (Wildman–Crippen MR) is 98.5 cm³/mol. The van der Waals surface area contributed by atoms with Gasteiger partial charge >= 0.3 is 0 Å². The first-order chi connectivity index (χ1) is 12.9. The van der Waals surface area contributed by atoms with E-state index < -0.39 is 15.8 Å². The van der Waals surface area contributed by atoms with E-state index in [2.05, 4.69) is 9.97 Å². The van der Waals surface area contributed by atoms with Crippen LogP contribution in [0.4, 0.5) is 4.39 Å². The van der Waals surface area contributed by atoms with Crippen LogP contribution in [0.3, 0.4) is 0 Å². The Labute approximate surface area is 156 Å². The fourth-order valence-corrected chi connectivity index (χ4v) is 4.91. The summed E-state index contributed by atoms with van der Waals surface area (Å²) >= 11 is 0. The predicted octanol–water partition coefficient (Wildman–Crippen LogP) is 2.92. The summed E-state index contributed by atoms with van der Waals surface area (Å²) < 4.78 is 46.2. The molecule has 4 rings (SSSR count). The zero-order valence-corrected chi connectivity index (χ0v) is 15.5. The van der Waals surface area contributed by atoms with Gasteiger partial charge in [0.2, 0.25) is 15.9 Å². The molecule has 6 nitrogen and oxygen atoms in total. The molecular formula is C19H18FN3O3S. The Kier molecular flexibility index (Phi) is 4.53. The average Bonchev–Trinajstić information content (AvgIpc) is 3.10. The van der Waals surface area contributed by atoms with Crippen LogP contribution in [0.25, 0.3) is 11.0 Å². The number of ether oxygens (including phenoxy) is 1. The van der Waals surface area contributed by atoms with Crippen LogP contribution in [0.2, 0.25) is 0 Å². The lowest BCUT2D eigenvalue weighted by Gasteiger charge is -2.18. The lowest BCUT2D eigenvalue weighted by molar-refractivity contribution is 0.207. The summed E-state index contributed by atoms with van der Waals surface area (Å²) in [5.74, 6) is -0.0835. The van der Waals surface area contributed by atoms with Crippen LogP contribution in [-0.2, 0) is 10.0 Å². The summed E-state index contributed by atoms with van der Waals surface area (Å²) in [6.07, 6.45) is 1.79. The van der Waals surface area contributed by atoms with Crippen molar-refractivity contribution < 1.29 is 17.5 Å². The number of hydrogen-bond acceptors (Lipinski definition) is 5. The summed E-state index contributed by atoms with van der Waals surface area (Å²) in [5, 5.41) is 0. The van der Waals surface area contributed by atoms with Gasteiger partial charge in [-0.3, -0.25) is 0 Å². The van der Waals surface area contributed by atoms with E-state index in [0.29, 0.717) is 24.4 Å². The van der Waals surface area contributed by atoms with Crippen molar-refractivity contribution in [1.29, 1.82) is 0 Å². The minimum Gasteiger partial charge on any atom is -0.472 e. The van der Waals surface area contributed by atoms with E-state index in [-0.39, 0.29) is 17.5 Å². The normalized spacial score (nSPS) is 18.1. The number of benzene rings is 2. The molecule has 0 bridgehead atoms. The number of hydrogen-bond donors (Lipinski definition) is 0. The average molecular weight is 387 g/mol. The summed E-state index contributed by atoms with van der Waals surface area (Å²) in [7, 11) is -3.70. The fraction of sp³-hybridized carbons (Fsp3) is 0.263. The maximum Gasteiger partial charge on any atom is 0.243 e. The third-order valence-corrected chi connectivity index (χ3v) is 6.60. The molecule has 1 aliphatic rings. The highest BCUT2D eigenvalue weighted by Crippen LogP contribution is 2.26. The number of fused-ring (bicyclic) bond motifs is 1. The van der Waals surface area contributed by atoms with Gasteiger partial charge in [0, 0.05) is 6.54 Å². The monoisotopic (exact) mass is 387 g/mol. The number of sulfonamides is 1. The molecule has 1 atom stereocenters. The van der Waals surface area contributed by atoms with Crippen LogP contribution in [-0.4, -0.2) is 41.9 Å². The molecule has 0 radical (unpaired) electrons. The number of para-hydroxylation sites is 2. The second-order valence-corrected chi connectivity index (χ2v) is 8.40. The van der Waals surface area contributed by atoms with Gasteiger partial charge in [0.05, 0.1) is 28.7 Å². The molecule has 2 heterocycles. The third kappa shape index (κ3) is 3.50. The number of nitrogens with zero attached hydrogens (tertiary/aromatic N) is 3. The number of halogens is 1. The van der Waals surface area contributed by atoms with Gasteiger partial charge in [-0.25, -0.2) is 22.8 Å². The zero-order valence-electron chi connectivity index (χ0n) is 14.7. The number of rotatable bonds is 4. The fourth-order valence-electron chi connectivity index (χ4n) is 3.22. The minimum absolute atomic E-state index is 0.120. The molecule has 1 unspecified atom stereocenters. The van der Waals surface area contributed by atoms with Gasteiger partial charge in [-0.15, -0.1) is 0 Å². The molecule has 1 aliphatic heterocycles. The van der Waals surface area contributed by atoms with Crippen LogP contribution in [0, 0.1) is 12.7 Å². The highest BCUT2D eigenvalue weighted by molar-refractivity contribution is 7.89. The first-order valence-electron chi connectivity index (χ1n) is 8.58. The Morgan fingerprint density at radius 2 is 1.96 bits per heavy atom. The third-order valence-electron chi connectivity index (χ3n) is 4.58. The van der Waals surface area contributed by atoms with Crippen LogP contribution >= 0.6 is 0 Å². The molecule has 1 fully saturated rings. The Morgan fingerprint density at radius 1 is 1.19 bits per heavy atom. The molecule has 140 valence electrons. The van der Waals surface area contributed by atoms with Gasteiger partial charge in [0.1, 0.15) is 11.9 Å². The van der Waals surface area contributed by atoms with Crippen molar-refractivity contribution in [2.75, 3.05) is 13.1 Å². The molecule has 8 heteroatoms. The van der Waals surface area contributed by atoms with Crippen molar-refractivity contribution in [1.82, 2.24) is 14.3 Å². The molecular weight excluding hydrogens is 369 g/mol. The molecule has 1 saturated heterocycles. The molecule has 0 amide bonds. The van der Waals surface area contributed by atoms with E-state index in [1.807, 2.05) is 24.3 Å². The highest BCUT2D eigenvalue weighted by Gasteiger charge is 2.34. The Bertz CT molecular complexity index is 1100. The summed E-state index contributed by atoms with van der Waals surface area (Å²) in [5.41, 5.74) is 1.88. The van der Waals surface area contributed by atoms with Crippen molar-refractivity contribution in [3.05, 3.63) is 60.0 Å². The Morgan fingerprint density at radius 3 is 2.74 bits per heavy atom. The van der Waals surface area contributed by atoms with Crippen LogP contribution in [0.1, 0.15) is 12.0 Å². The standard InChI is InChI=1S/C19H18FN3O3S/c1-13-10-14(20)6-7-18(13)27(24,25)23-9-8-15(12-23)26-19-11-21-16-4-2-3-5-17(16)22-19/h2-7,10-11,15H,8-9,12H2,1H3. The van der Waals surface area contributed by atoms with E-state index in [4.69, 9.17) is 4.74 Å². The molecule has 0 aliphatic carbocycles. The van der Waals surface area contributed by atoms with Crippen molar-refractivity contribution in [2.45, 2.75) is 24.3 Å². The quantitative estimate of drug-likeness (QED) is 0.688. The largest absolute Gasteiger partial charge is 0.472 e. The van der Waals surface area contributed by atoms with Crippen molar-refractivity contribution in [3.63, 3.8) is 0 Å². The van der Waals surface area contributed by atoms with Gasteiger partial charge in [0.25, 0.3) is 0 Å². The van der Waals surface area contributed by atoms with Gasteiger partial charge in [-0.1, -0.05) is 12.1 Å². The van der Waals surface area contributed by atoms with E-state index in [1.54, 1.807) is 13.1 Å². The van der Waals surface area contributed by atoms with E-state index in [1.165, 1.54) is 16.4 Å². The summed E-state index contributed by atoms with van der Waals surface area (Å²) in [6, 6.07) is 11.2. The Balaban J connectivity index is 1.50.